The Hall–Kier alpha value is -2.29. The number of aryl methyl sites for hydroxylation is 2. The third-order valence-corrected chi connectivity index (χ3v) is 3.58. The molecule has 0 aliphatic carbocycles. The molecule has 1 amide bonds. The van der Waals surface area contributed by atoms with Gasteiger partial charge in [0, 0.05) is 0 Å². The zero-order valence-corrected chi connectivity index (χ0v) is 13.4. The molecule has 2 aromatic rings. The monoisotopic (exact) mass is 297 g/mol. The van der Waals surface area contributed by atoms with Crippen molar-refractivity contribution in [3.63, 3.8) is 0 Å². The van der Waals surface area contributed by atoms with Crippen LogP contribution >= 0.6 is 0 Å². The van der Waals surface area contributed by atoms with Gasteiger partial charge in [0.1, 0.15) is 5.75 Å². The highest BCUT2D eigenvalue weighted by Crippen LogP contribution is 2.17. The zero-order valence-electron chi connectivity index (χ0n) is 13.4. The van der Waals surface area contributed by atoms with Crippen molar-refractivity contribution in [3.8, 4) is 5.75 Å². The smallest absolute Gasteiger partial charge is 0.258 e. The van der Waals surface area contributed by atoms with Crippen molar-refractivity contribution in [1.82, 2.24) is 5.32 Å². The van der Waals surface area contributed by atoms with E-state index in [1.807, 2.05) is 31.2 Å². The first-order valence-corrected chi connectivity index (χ1v) is 7.64. The summed E-state index contributed by atoms with van der Waals surface area (Å²) in [5, 5.41) is 3.02. The molecular formula is C19H23NO2. The predicted molar refractivity (Wildman–Crippen MR) is 89.0 cm³/mol. The Kier molecular flexibility index (Phi) is 5.59. The second kappa shape index (κ2) is 7.64. The van der Waals surface area contributed by atoms with E-state index >= 15 is 0 Å². The Morgan fingerprint density at radius 3 is 2.45 bits per heavy atom. The van der Waals surface area contributed by atoms with Gasteiger partial charge in [-0.05, 0) is 43.5 Å². The van der Waals surface area contributed by atoms with Gasteiger partial charge in [-0.1, -0.05) is 48.9 Å². The van der Waals surface area contributed by atoms with Gasteiger partial charge in [0.25, 0.3) is 5.91 Å². The lowest BCUT2D eigenvalue weighted by Crippen LogP contribution is -2.32. The minimum absolute atomic E-state index is 0.0224. The molecule has 0 aliphatic heterocycles. The molecule has 116 valence electrons. The van der Waals surface area contributed by atoms with Crippen LogP contribution in [0.3, 0.4) is 0 Å². The average molecular weight is 297 g/mol. The van der Waals surface area contributed by atoms with E-state index in [1.165, 1.54) is 5.56 Å². The number of hydrogen-bond acceptors (Lipinski definition) is 2. The molecule has 2 rings (SSSR count). The normalized spacial score (nSPS) is 11.8. The topological polar surface area (TPSA) is 38.3 Å². The number of hydrogen-bond donors (Lipinski definition) is 1. The van der Waals surface area contributed by atoms with Gasteiger partial charge in [0.05, 0.1) is 6.04 Å². The Bertz CT molecular complexity index is 620. The summed E-state index contributed by atoms with van der Waals surface area (Å²) in [5.41, 5.74) is 3.45. The highest BCUT2D eigenvalue weighted by Gasteiger charge is 2.13. The van der Waals surface area contributed by atoms with Crippen LogP contribution in [0.2, 0.25) is 0 Å². The molecule has 0 radical (unpaired) electrons. The molecule has 0 heterocycles. The van der Waals surface area contributed by atoms with Crippen molar-refractivity contribution in [2.45, 2.75) is 33.2 Å². The molecule has 0 bridgehead atoms. The molecule has 2 aromatic carbocycles. The van der Waals surface area contributed by atoms with Crippen LogP contribution in [0, 0.1) is 13.8 Å². The van der Waals surface area contributed by atoms with Crippen LogP contribution in [-0.2, 0) is 4.79 Å². The van der Waals surface area contributed by atoms with E-state index in [-0.39, 0.29) is 18.6 Å². The molecule has 3 heteroatoms. The molecule has 0 saturated heterocycles. The van der Waals surface area contributed by atoms with Gasteiger partial charge < -0.3 is 10.1 Å². The van der Waals surface area contributed by atoms with Gasteiger partial charge in [-0.3, -0.25) is 4.79 Å². The fourth-order valence-electron chi connectivity index (χ4n) is 2.31. The van der Waals surface area contributed by atoms with E-state index in [9.17, 15) is 4.79 Å². The molecule has 22 heavy (non-hydrogen) atoms. The van der Waals surface area contributed by atoms with E-state index in [0.717, 1.165) is 23.3 Å². The van der Waals surface area contributed by atoms with Gasteiger partial charge in [-0.25, -0.2) is 0 Å². The van der Waals surface area contributed by atoms with Gasteiger partial charge >= 0.3 is 0 Å². The van der Waals surface area contributed by atoms with Crippen molar-refractivity contribution in [2.75, 3.05) is 6.61 Å². The number of carbonyl (C=O) groups is 1. The molecule has 3 nitrogen and oxygen atoms in total. The number of ether oxygens (including phenoxy) is 1. The summed E-state index contributed by atoms with van der Waals surface area (Å²) in [5.74, 6) is 0.618. The van der Waals surface area contributed by atoms with Crippen molar-refractivity contribution in [1.29, 1.82) is 0 Å². The second-order valence-corrected chi connectivity index (χ2v) is 5.54. The van der Waals surface area contributed by atoms with Crippen molar-refractivity contribution >= 4 is 5.91 Å². The van der Waals surface area contributed by atoms with Crippen LogP contribution in [-0.4, -0.2) is 12.5 Å². The van der Waals surface area contributed by atoms with Gasteiger partial charge in [-0.15, -0.1) is 0 Å². The number of carbonyl (C=O) groups excluding carboxylic acids is 1. The van der Waals surface area contributed by atoms with E-state index in [4.69, 9.17) is 4.74 Å². The fourth-order valence-corrected chi connectivity index (χ4v) is 2.31. The minimum atomic E-state index is -0.103. The Labute approximate surface area is 132 Å². The van der Waals surface area contributed by atoms with Gasteiger partial charge in [0.15, 0.2) is 6.61 Å². The number of nitrogens with one attached hydrogen (secondary N) is 1. The summed E-state index contributed by atoms with van der Waals surface area (Å²) >= 11 is 0. The Balaban J connectivity index is 1.90. The summed E-state index contributed by atoms with van der Waals surface area (Å²) in [6, 6.07) is 16.0. The van der Waals surface area contributed by atoms with Crippen LogP contribution < -0.4 is 10.1 Å². The first-order chi connectivity index (χ1) is 10.6. The molecule has 1 atom stereocenters. The largest absolute Gasteiger partial charge is 0.484 e. The van der Waals surface area contributed by atoms with Crippen molar-refractivity contribution in [3.05, 3.63) is 65.2 Å². The van der Waals surface area contributed by atoms with E-state index in [0.29, 0.717) is 0 Å². The van der Waals surface area contributed by atoms with E-state index < -0.39 is 0 Å². The lowest BCUT2D eigenvalue weighted by molar-refractivity contribution is -0.123. The maximum Gasteiger partial charge on any atom is 0.258 e. The van der Waals surface area contributed by atoms with Crippen molar-refractivity contribution in [2.24, 2.45) is 0 Å². The molecule has 0 unspecified atom stereocenters. The minimum Gasteiger partial charge on any atom is -0.484 e. The zero-order chi connectivity index (χ0) is 15.9. The lowest BCUT2D eigenvalue weighted by atomic mass is 10.0. The van der Waals surface area contributed by atoms with Crippen LogP contribution in [0.5, 0.6) is 5.75 Å². The summed E-state index contributed by atoms with van der Waals surface area (Å²) in [7, 11) is 0. The molecule has 0 aliphatic rings. The molecular weight excluding hydrogens is 274 g/mol. The SMILES string of the molecule is CC[C@@H](NC(=O)COc1cccc(C)c1)c1ccc(C)cc1. The second-order valence-electron chi connectivity index (χ2n) is 5.54. The Morgan fingerprint density at radius 1 is 1.09 bits per heavy atom. The van der Waals surface area contributed by atoms with E-state index in [2.05, 4.69) is 43.4 Å². The van der Waals surface area contributed by atoms with Crippen LogP contribution in [0.25, 0.3) is 0 Å². The quantitative estimate of drug-likeness (QED) is 0.876. The van der Waals surface area contributed by atoms with Crippen molar-refractivity contribution < 1.29 is 9.53 Å². The molecule has 0 fully saturated rings. The highest BCUT2D eigenvalue weighted by molar-refractivity contribution is 5.78. The van der Waals surface area contributed by atoms with Crippen LogP contribution in [0.15, 0.2) is 48.5 Å². The Morgan fingerprint density at radius 2 is 1.82 bits per heavy atom. The third-order valence-electron chi connectivity index (χ3n) is 3.58. The third kappa shape index (κ3) is 4.62. The molecule has 0 aromatic heterocycles. The summed E-state index contributed by atoms with van der Waals surface area (Å²) in [6.07, 6.45) is 0.846. The summed E-state index contributed by atoms with van der Waals surface area (Å²) < 4.78 is 5.54. The lowest BCUT2D eigenvalue weighted by Gasteiger charge is -2.18. The first kappa shape index (κ1) is 16.1. The van der Waals surface area contributed by atoms with Gasteiger partial charge in [-0.2, -0.15) is 0 Å². The first-order valence-electron chi connectivity index (χ1n) is 7.64. The molecule has 0 saturated carbocycles. The van der Waals surface area contributed by atoms with Crippen LogP contribution in [0.4, 0.5) is 0 Å². The number of amides is 1. The highest BCUT2D eigenvalue weighted by atomic mass is 16.5. The maximum absolute atomic E-state index is 12.1. The van der Waals surface area contributed by atoms with Gasteiger partial charge in [0.2, 0.25) is 0 Å². The number of rotatable bonds is 6. The summed E-state index contributed by atoms with van der Waals surface area (Å²) in [6.45, 7) is 6.15. The summed E-state index contributed by atoms with van der Waals surface area (Å²) in [4.78, 5) is 12.1. The maximum atomic E-state index is 12.1. The predicted octanol–water partition coefficient (Wildman–Crippen LogP) is 3.95. The van der Waals surface area contributed by atoms with Crippen LogP contribution in [0.1, 0.15) is 36.1 Å². The molecule has 1 N–H and O–H groups in total. The average Bonchev–Trinajstić information content (AvgIpc) is 2.52. The fraction of sp³-hybridized carbons (Fsp3) is 0.316. The number of benzene rings is 2. The standard InChI is InChI=1S/C19H23NO2/c1-4-18(16-10-8-14(2)9-11-16)20-19(21)13-22-17-7-5-6-15(3)12-17/h5-12,18H,4,13H2,1-3H3,(H,20,21)/t18-/m1/s1. The van der Waals surface area contributed by atoms with E-state index in [1.54, 1.807) is 0 Å². The molecule has 0 spiro atoms.